The Morgan fingerprint density at radius 2 is 1.86 bits per heavy atom. The fourth-order valence-corrected chi connectivity index (χ4v) is 4.86. The second-order valence-corrected chi connectivity index (χ2v) is 8.61. The van der Waals surface area contributed by atoms with Crippen LogP contribution < -0.4 is 0 Å². The SMILES string of the molecule is Cc1ccccc1-n1nnnc1[C@H](c1ccccc1)N(C)Cc1cc(Br)cs1. The van der Waals surface area contributed by atoms with E-state index in [1.165, 1.54) is 4.88 Å². The van der Waals surface area contributed by atoms with Crippen LogP contribution in [0.15, 0.2) is 70.5 Å². The molecule has 0 spiro atoms. The van der Waals surface area contributed by atoms with Crippen molar-refractivity contribution in [1.29, 1.82) is 0 Å². The number of thiophene rings is 1. The molecule has 4 rings (SSSR count). The van der Waals surface area contributed by atoms with Gasteiger partial charge in [-0.25, -0.2) is 0 Å². The van der Waals surface area contributed by atoms with Gasteiger partial charge in [-0.2, -0.15) is 4.68 Å². The highest BCUT2D eigenvalue weighted by Crippen LogP contribution is 2.30. The summed E-state index contributed by atoms with van der Waals surface area (Å²) in [5, 5.41) is 14.9. The minimum atomic E-state index is -0.0725. The summed E-state index contributed by atoms with van der Waals surface area (Å²) in [4.78, 5) is 3.57. The predicted octanol–water partition coefficient (Wildman–Crippen LogP) is 5.02. The number of halogens is 1. The van der Waals surface area contributed by atoms with Crippen LogP contribution in [0.4, 0.5) is 0 Å². The fraction of sp³-hybridized carbons (Fsp3) is 0.190. The molecule has 0 aliphatic rings. The molecule has 0 fully saturated rings. The summed E-state index contributed by atoms with van der Waals surface area (Å²) in [5.41, 5.74) is 3.29. The third kappa shape index (κ3) is 3.92. The Kier molecular flexibility index (Phi) is 5.66. The Hall–Kier alpha value is -2.35. The summed E-state index contributed by atoms with van der Waals surface area (Å²) >= 11 is 5.29. The highest BCUT2D eigenvalue weighted by Gasteiger charge is 2.27. The van der Waals surface area contributed by atoms with Gasteiger partial charge >= 0.3 is 0 Å². The second-order valence-electron chi connectivity index (χ2n) is 6.69. The summed E-state index contributed by atoms with van der Waals surface area (Å²) < 4.78 is 2.97. The first-order chi connectivity index (χ1) is 13.6. The summed E-state index contributed by atoms with van der Waals surface area (Å²) in [6.45, 7) is 2.88. The quantitative estimate of drug-likeness (QED) is 0.411. The van der Waals surface area contributed by atoms with Crippen LogP contribution in [-0.4, -0.2) is 32.2 Å². The van der Waals surface area contributed by atoms with Gasteiger partial charge < -0.3 is 0 Å². The molecule has 142 valence electrons. The summed E-state index contributed by atoms with van der Waals surface area (Å²) in [6, 6.07) is 20.6. The highest BCUT2D eigenvalue weighted by molar-refractivity contribution is 9.10. The van der Waals surface area contributed by atoms with Gasteiger partial charge in [0.1, 0.15) is 0 Å². The van der Waals surface area contributed by atoms with Crippen molar-refractivity contribution < 1.29 is 0 Å². The molecular weight excluding hydrogens is 434 g/mol. The number of para-hydroxylation sites is 1. The molecular formula is C21H20BrN5S. The summed E-state index contributed by atoms with van der Waals surface area (Å²) in [6.07, 6.45) is 0. The van der Waals surface area contributed by atoms with Crippen LogP contribution in [0.3, 0.4) is 0 Å². The van der Waals surface area contributed by atoms with Crippen LogP contribution in [0.5, 0.6) is 0 Å². The molecule has 0 aliphatic carbocycles. The number of rotatable bonds is 6. The molecule has 4 aromatic rings. The van der Waals surface area contributed by atoms with Crippen LogP contribution >= 0.6 is 27.3 Å². The van der Waals surface area contributed by atoms with Crippen molar-refractivity contribution in [2.24, 2.45) is 0 Å². The van der Waals surface area contributed by atoms with Crippen molar-refractivity contribution in [3.05, 3.63) is 92.3 Å². The third-order valence-corrected chi connectivity index (χ3v) is 6.35. The normalized spacial score (nSPS) is 12.4. The number of nitrogens with zero attached hydrogens (tertiary/aromatic N) is 5. The summed E-state index contributed by atoms with van der Waals surface area (Å²) in [5.74, 6) is 0.804. The van der Waals surface area contributed by atoms with E-state index in [1.54, 1.807) is 11.3 Å². The minimum absolute atomic E-state index is 0.0725. The monoisotopic (exact) mass is 453 g/mol. The van der Waals surface area contributed by atoms with E-state index in [2.05, 4.69) is 92.1 Å². The van der Waals surface area contributed by atoms with Gasteiger partial charge in [0.15, 0.2) is 5.82 Å². The third-order valence-electron chi connectivity index (χ3n) is 4.66. The van der Waals surface area contributed by atoms with E-state index in [0.717, 1.165) is 33.7 Å². The maximum atomic E-state index is 4.43. The second kappa shape index (κ2) is 8.34. The highest BCUT2D eigenvalue weighted by atomic mass is 79.9. The van der Waals surface area contributed by atoms with E-state index in [9.17, 15) is 0 Å². The number of hydrogen-bond acceptors (Lipinski definition) is 5. The van der Waals surface area contributed by atoms with Crippen molar-refractivity contribution in [3.8, 4) is 5.69 Å². The average molecular weight is 454 g/mol. The van der Waals surface area contributed by atoms with Crippen LogP contribution in [0, 0.1) is 6.92 Å². The standard InChI is InChI=1S/C21H20BrN5S/c1-15-8-6-7-11-19(15)27-21(23-24-25-27)20(16-9-4-3-5-10-16)26(2)13-18-12-17(22)14-28-18/h3-12,14,20H,13H2,1-2H3/t20-/m0/s1. The predicted molar refractivity (Wildman–Crippen MR) is 116 cm³/mol. The Bertz CT molecular complexity index is 1060. The molecule has 2 aromatic heterocycles. The van der Waals surface area contributed by atoms with E-state index in [1.807, 2.05) is 28.9 Å². The maximum Gasteiger partial charge on any atom is 0.178 e. The van der Waals surface area contributed by atoms with Gasteiger partial charge in [0.2, 0.25) is 0 Å². The van der Waals surface area contributed by atoms with Crippen LogP contribution in [0.2, 0.25) is 0 Å². The first-order valence-corrected chi connectivity index (χ1v) is 10.6. The largest absolute Gasteiger partial charge is 0.288 e. The molecule has 0 unspecified atom stereocenters. The molecule has 0 radical (unpaired) electrons. The van der Waals surface area contributed by atoms with Crippen molar-refractivity contribution >= 4 is 27.3 Å². The molecule has 0 aliphatic heterocycles. The molecule has 7 heteroatoms. The molecule has 0 saturated heterocycles. The van der Waals surface area contributed by atoms with Gasteiger partial charge in [0, 0.05) is 21.3 Å². The molecule has 0 saturated carbocycles. The maximum absolute atomic E-state index is 4.43. The molecule has 2 aromatic carbocycles. The first kappa shape index (κ1) is 19.0. The molecule has 1 atom stereocenters. The molecule has 2 heterocycles. The van der Waals surface area contributed by atoms with E-state index in [4.69, 9.17) is 0 Å². The average Bonchev–Trinajstić information content (AvgIpc) is 3.32. The lowest BCUT2D eigenvalue weighted by Crippen LogP contribution is -2.27. The Balaban J connectivity index is 1.77. The number of aromatic nitrogens is 4. The molecule has 0 bridgehead atoms. The smallest absolute Gasteiger partial charge is 0.178 e. The van der Waals surface area contributed by atoms with Crippen molar-refractivity contribution in [2.75, 3.05) is 7.05 Å². The minimum Gasteiger partial charge on any atom is -0.288 e. The zero-order valence-electron chi connectivity index (χ0n) is 15.7. The number of hydrogen-bond donors (Lipinski definition) is 0. The van der Waals surface area contributed by atoms with Crippen LogP contribution in [0.25, 0.3) is 5.69 Å². The topological polar surface area (TPSA) is 46.8 Å². The van der Waals surface area contributed by atoms with Gasteiger partial charge in [0.25, 0.3) is 0 Å². The zero-order valence-corrected chi connectivity index (χ0v) is 18.1. The van der Waals surface area contributed by atoms with Crippen molar-refractivity contribution in [3.63, 3.8) is 0 Å². The van der Waals surface area contributed by atoms with Gasteiger partial charge in [-0.05, 0) is 63.6 Å². The molecule has 28 heavy (non-hydrogen) atoms. The van der Waals surface area contributed by atoms with Crippen LogP contribution in [-0.2, 0) is 6.54 Å². The lowest BCUT2D eigenvalue weighted by molar-refractivity contribution is 0.260. The van der Waals surface area contributed by atoms with Gasteiger partial charge in [-0.1, -0.05) is 48.5 Å². The van der Waals surface area contributed by atoms with E-state index >= 15 is 0 Å². The van der Waals surface area contributed by atoms with Gasteiger partial charge in [-0.3, -0.25) is 4.90 Å². The zero-order chi connectivity index (χ0) is 19.5. The lowest BCUT2D eigenvalue weighted by atomic mass is 10.0. The van der Waals surface area contributed by atoms with Gasteiger partial charge in [-0.15, -0.1) is 16.4 Å². The number of benzene rings is 2. The molecule has 5 nitrogen and oxygen atoms in total. The van der Waals surface area contributed by atoms with Crippen molar-refractivity contribution in [1.82, 2.24) is 25.1 Å². The van der Waals surface area contributed by atoms with E-state index in [0.29, 0.717) is 0 Å². The first-order valence-electron chi connectivity index (χ1n) is 8.96. The Morgan fingerprint density at radius 3 is 2.57 bits per heavy atom. The molecule has 0 amide bonds. The number of aryl methyl sites for hydroxylation is 1. The number of tetrazole rings is 1. The van der Waals surface area contributed by atoms with E-state index in [-0.39, 0.29) is 6.04 Å². The molecule has 0 N–H and O–H groups in total. The Labute approximate surface area is 176 Å². The van der Waals surface area contributed by atoms with Crippen LogP contribution in [0.1, 0.15) is 27.9 Å². The Morgan fingerprint density at radius 1 is 1.11 bits per heavy atom. The summed E-state index contributed by atoms with van der Waals surface area (Å²) in [7, 11) is 2.11. The van der Waals surface area contributed by atoms with E-state index < -0.39 is 0 Å². The lowest BCUT2D eigenvalue weighted by Gasteiger charge is -2.27. The van der Waals surface area contributed by atoms with Crippen molar-refractivity contribution in [2.45, 2.75) is 19.5 Å². The van der Waals surface area contributed by atoms with Gasteiger partial charge in [0.05, 0.1) is 11.7 Å². The fourth-order valence-electron chi connectivity index (χ4n) is 3.35.